The predicted octanol–water partition coefficient (Wildman–Crippen LogP) is 6.73. The van der Waals surface area contributed by atoms with Crippen molar-refractivity contribution >= 4 is 0 Å². The van der Waals surface area contributed by atoms with Crippen molar-refractivity contribution in [3.8, 4) is 0 Å². The standard InChI is InChI=1S/C29H41FN2/c30-27-14-8-26(9-15-27)22-32(20-4-7-23-5-2-1-3-6-23)29-18-12-25(13-19-29)21-24-10-16-28(31)17-11-24/h1-3,5-6,8-9,14-15,24-25,28-29H,4,7,10-13,16-22,31H2. The first-order valence-electron chi connectivity index (χ1n) is 12.9. The third-order valence-corrected chi connectivity index (χ3v) is 7.94. The van der Waals surface area contributed by atoms with Crippen molar-refractivity contribution in [1.29, 1.82) is 0 Å². The number of benzene rings is 2. The van der Waals surface area contributed by atoms with E-state index in [1.165, 1.54) is 75.3 Å². The Hall–Kier alpha value is -1.71. The van der Waals surface area contributed by atoms with Crippen LogP contribution in [0.25, 0.3) is 0 Å². The van der Waals surface area contributed by atoms with Crippen LogP contribution in [-0.4, -0.2) is 23.5 Å². The van der Waals surface area contributed by atoms with E-state index in [-0.39, 0.29) is 5.82 Å². The average Bonchev–Trinajstić information content (AvgIpc) is 2.82. The lowest BCUT2D eigenvalue weighted by molar-refractivity contribution is 0.116. The molecule has 32 heavy (non-hydrogen) atoms. The third-order valence-electron chi connectivity index (χ3n) is 7.94. The van der Waals surface area contributed by atoms with Crippen LogP contribution in [0.5, 0.6) is 0 Å². The monoisotopic (exact) mass is 436 g/mol. The molecule has 2 aliphatic carbocycles. The van der Waals surface area contributed by atoms with Crippen LogP contribution < -0.4 is 5.73 Å². The van der Waals surface area contributed by atoms with Crippen molar-refractivity contribution in [2.75, 3.05) is 6.54 Å². The average molecular weight is 437 g/mol. The first-order chi connectivity index (χ1) is 15.7. The molecule has 2 saturated carbocycles. The molecule has 0 radical (unpaired) electrons. The van der Waals surface area contributed by atoms with Gasteiger partial charge < -0.3 is 5.73 Å². The van der Waals surface area contributed by atoms with E-state index in [4.69, 9.17) is 5.73 Å². The van der Waals surface area contributed by atoms with Crippen LogP contribution in [0.1, 0.15) is 75.3 Å². The number of rotatable bonds is 9. The SMILES string of the molecule is NC1CCC(CC2CCC(N(CCCc3ccccc3)Cc3ccc(F)cc3)CC2)CC1. The molecule has 2 nitrogen and oxygen atoms in total. The maximum atomic E-state index is 13.4. The summed E-state index contributed by atoms with van der Waals surface area (Å²) in [6.07, 6.45) is 14.2. The van der Waals surface area contributed by atoms with Gasteiger partial charge in [0.25, 0.3) is 0 Å². The first-order valence-corrected chi connectivity index (χ1v) is 12.9. The minimum Gasteiger partial charge on any atom is -0.328 e. The topological polar surface area (TPSA) is 29.3 Å². The van der Waals surface area contributed by atoms with Crippen molar-refractivity contribution in [3.05, 3.63) is 71.5 Å². The van der Waals surface area contributed by atoms with E-state index in [0.717, 1.165) is 31.3 Å². The zero-order chi connectivity index (χ0) is 22.2. The van der Waals surface area contributed by atoms with Gasteiger partial charge in [0.15, 0.2) is 0 Å². The second-order valence-electron chi connectivity index (χ2n) is 10.4. The Kier molecular flexibility index (Phi) is 8.76. The van der Waals surface area contributed by atoms with Crippen molar-refractivity contribution in [2.24, 2.45) is 17.6 Å². The number of aryl methyl sites for hydroxylation is 1. The Bertz CT molecular complexity index is 775. The van der Waals surface area contributed by atoms with Gasteiger partial charge in [-0.3, -0.25) is 4.90 Å². The highest BCUT2D eigenvalue weighted by Crippen LogP contribution is 2.36. The fourth-order valence-corrected chi connectivity index (χ4v) is 5.99. The molecule has 174 valence electrons. The Morgan fingerprint density at radius 1 is 0.750 bits per heavy atom. The molecule has 3 heteroatoms. The predicted molar refractivity (Wildman–Crippen MR) is 132 cm³/mol. The second kappa shape index (κ2) is 12.0. The van der Waals surface area contributed by atoms with E-state index in [1.54, 1.807) is 12.1 Å². The van der Waals surface area contributed by atoms with Gasteiger partial charge in [-0.2, -0.15) is 0 Å². The normalized spacial score (nSPS) is 26.3. The van der Waals surface area contributed by atoms with Crippen LogP contribution in [0, 0.1) is 17.7 Å². The van der Waals surface area contributed by atoms with Gasteiger partial charge in [0.2, 0.25) is 0 Å². The van der Waals surface area contributed by atoms with E-state index >= 15 is 0 Å². The lowest BCUT2D eigenvalue weighted by atomic mass is 9.75. The van der Waals surface area contributed by atoms with Crippen molar-refractivity contribution in [1.82, 2.24) is 4.90 Å². The highest BCUT2D eigenvalue weighted by Gasteiger charge is 2.28. The summed E-state index contributed by atoms with van der Waals surface area (Å²) in [5.41, 5.74) is 8.75. The fourth-order valence-electron chi connectivity index (χ4n) is 5.99. The molecular weight excluding hydrogens is 395 g/mol. The van der Waals surface area contributed by atoms with Crippen molar-refractivity contribution in [3.63, 3.8) is 0 Å². The first kappa shape index (κ1) is 23.4. The number of nitrogens with zero attached hydrogens (tertiary/aromatic N) is 1. The third kappa shape index (κ3) is 7.15. The molecule has 0 aliphatic heterocycles. The summed E-state index contributed by atoms with van der Waals surface area (Å²) in [4.78, 5) is 2.69. The molecule has 2 aliphatic rings. The summed E-state index contributed by atoms with van der Waals surface area (Å²) in [5.74, 6) is 1.67. The largest absolute Gasteiger partial charge is 0.328 e. The smallest absolute Gasteiger partial charge is 0.123 e. The Morgan fingerprint density at radius 2 is 1.38 bits per heavy atom. The molecule has 0 unspecified atom stereocenters. The van der Waals surface area contributed by atoms with Crippen molar-refractivity contribution in [2.45, 2.75) is 89.3 Å². The number of hydrogen-bond donors (Lipinski definition) is 1. The van der Waals surface area contributed by atoms with Crippen LogP contribution in [0.4, 0.5) is 4.39 Å². The highest BCUT2D eigenvalue weighted by atomic mass is 19.1. The molecule has 0 bridgehead atoms. The molecule has 2 aromatic carbocycles. The van der Waals surface area contributed by atoms with Gasteiger partial charge in [0.05, 0.1) is 0 Å². The summed E-state index contributed by atoms with van der Waals surface area (Å²) >= 11 is 0. The summed E-state index contributed by atoms with van der Waals surface area (Å²) < 4.78 is 13.4. The van der Waals surface area contributed by atoms with Gasteiger partial charge in [-0.05, 0) is 112 Å². The number of halogens is 1. The summed E-state index contributed by atoms with van der Waals surface area (Å²) in [6, 6.07) is 19.0. The molecule has 0 saturated heterocycles. The maximum absolute atomic E-state index is 13.4. The number of hydrogen-bond acceptors (Lipinski definition) is 2. The molecule has 0 atom stereocenters. The van der Waals surface area contributed by atoms with Crippen LogP contribution >= 0.6 is 0 Å². The highest BCUT2D eigenvalue weighted by molar-refractivity contribution is 5.16. The maximum Gasteiger partial charge on any atom is 0.123 e. The van der Waals surface area contributed by atoms with Gasteiger partial charge in [-0.25, -0.2) is 4.39 Å². The van der Waals surface area contributed by atoms with Crippen LogP contribution in [0.2, 0.25) is 0 Å². The van der Waals surface area contributed by atoms with Crippen LogP contribution in [-0.2, 0) is 13.0 Å². The van der Waals surface area contributed by atoms with E-state index in [0.29, 0.717) is 12.1 Å². The van der Waals surface area contributed by atoms with Gasteiger partial charge in [0.1, 0.15) is 5.82 Å². The van der Waals surface area contributed by atoms with Gasteiger partial charge in [-0.1, -0.05) is 42.5 Å². The lowest BCUT2D eigenvalue weighted by Crippen LogP contribution is -2.39. The van der Waals surface area contributed by atoms with Crippen LogP contribution in [0.3, 0.4) is 0 Å². The summed E-state index contributed by atoms with van der Waals surface area (Å²) in [6.45, 7) is 2.05. The van der Waals surface area contributed by atoms with E-state index in [2.05, 4.69) is 35.2 Å². The van der Waals surface area contributed by atoms with Gasteiger partial charge >= 0.3 is 0 Å². The molecular formula is C29H41FN2. The molecule has 0 amide bonds. The minimum absolute atomic E-state index is 0.145. The Labute approximate surface area is 194 Å². The lowest BCUT2D eigenvalue weighted by Gasteiger charge is -2.38. The quantitative estimate of drug-likeness (QED) is 0.472. The van der Waals surface area contributed by atoms with E-state index in [1.807, 2.05) is 12.1 Å². The fraction of sp³-hybridized carbons (Fsp3) is 0.586. The minimum atomic E-state index is -0.145. The van der Waals surface area contributed by atoms with E-state index < -0.39 is 0 Å². The Balaban J connectivity index is 1.30. The molecule has 0 spiro atoms. The van der Waals surface area contributed by atoms with Gasteiger partial charge in [-0.15, -0.1) is 0 Å². The zero-order valence-corrected chi connectivity index (χ0v) is 19.6. The van der Waals surface area contributed by atoms with Crippen LogP contribution in [0.15, 0.2) is 54.6 Å². The summed E-state index contributed by atoms with van der Waals surface area (Å²) in [7, 11) is 0. The van der Waals surface area contributed by atoms with Gasteiger partial charge in [0, 0.05) is 18.6 Å². The summed E-state index contributed by atoms with van der Waals surface area (Å²) in [5, 5.41) is 0. The number of nitrogens with two attached hydrogens (primary N) is 1. The molecule has 0 aromatic heterocycles. The zero-order valence-electron chi connectivity index (χ0n) is 19.6. The second-order valence-corrected chi connectivity index (χ2v) is 10.4. The molecule has 2 aromatic rings. The molecule has 4 rings (SSSR count). The van der Waals surface area contributed by atoms with E-state index in [9.17, 15) is 4.39 Å². The van der Waals surface area contributed by atoms with Crippen molar-refractivity contribution < 1.29 is 4.39 Å². The molecule has 2 N–H and O–H groups in total. The molecule has 2 fully saturated rings. The molecule has 0 heterocycles. The Morgan fingerprint density at radius 3 is 2.03 bits per heavy atom.